The highest BCUT2D eigenvalue weighted by atomic mass is 14.9. The molecule has 0 aromatic rings. The van der Waals surface area contributed by atoms with E-state index in [9.17, 15) is 0 Å². The van der Waals surface area contributed by atoms with Gasteiger partial charge in [0, 0.05) is 0 Å². The summed E-state index contributed by atoms with van der Waals surface area (Å²) in [5, 5.41) is 3.63. The molecule has 1 nitrogen and oxygen atoms in total. The van der Waals surface area contributed by atoms with E-state index < -0.39 is 0 Å². The van der Waals surface area contributed by atoms with Gasteiger partial charge in [-0.15, -0.1) is 0 Å². The molecule has 1 saturated carbocycles. The first-order valence-corrected chi connectivity index (χ1v) is 7.02. The number of hydrogen-bond acceptors (Lipinski definition) is 1. The lowest BCUT2D eigenvalue weighted by Gasteiger charge is -2.40. The fraction of sp³-hybridized carbons (Fsp3) is 1.00. The van der Waals surface area contributed by atoms with Gasteiger partial charge in [-0.05, 0) is 49.6 Å². The minimum Gasteiger partial charge on any atom is -0.316 e. The summed E-state index contributed by atoms with van der Waals surface area (Å²) >= 11 is 0. The van der Waals surface area contributed by atoms with E-state index in [-0.39, 0.29) is 0 Å². The maximum Gasteiger partial charge on any atom is -0.00175 e. The van der Waals surface area contributed by atoms with Crippen LogP contribution in [0.3, 0.4) is 0 Å². The Kier molecular flexibility index (Phi) is 4.07. The first-order valence-electron chi connectivity index (χ1n) is 7.02. The van der Waals surface area contributed by atoms with E-state index in [0.29, 0.717) is 0 Å². The highest BCUT2D eigenvalue weighted by molar-refractivity contribution is 4.85. The predicted octanol–water partition coefficient (Wildman–Crippen LogP) is 3.45. The summed E-state index contributed by atoms with van der Waals surface area (Å²) in [5.74, 6) is 3.97. The molecule has 0 amide bonds. The molecule has 1 saturated heterocycles. The van der Waals surface area contributed by atoms with Crippen molar-refractivity contribution in [3.8, 4) is 0 Å². The summed E-state index contributed by atoms with van der Waals surface area (Å²) in [6, 6.07) is 0. The van der Waals surface area contributed by atoms with Crippen molar-refractivity contribution in [2.75, 3.05) is 13.1 Å². The predicted molar refractivity (Wildman–Crippen MR) is 65.9 cm³/mol. The highest BCUT2D eigenvalue weighted by Crippen LogP contribution is 2.39. The van der Waals surface area contributed by atoms with Crippen LogP contribution in [0.25, 0.3) is 0 Å². The highest BCUT2D eigenvalue weighted by Gasteiger charge is 2.32. The zero-order valence-electron chi connectivity index (χ0n) is 10.5. The summed E-state index contributed by atoms with van der Waals surface area (Å²) in [7, 11) is 0. The number of piperidine rings is 1. The van der Waals surface area contributed by atoms with Crippen LogP contribution in [-0.4, -0.2) is 13.1 Å². The minimum absolute atomic E-state index is 0.906. The average molecular weight is 209 g/mol. The topological polar surface area (TPSA) is 12.0 Å². The largest absolute Gasteiger partial charge is 0.316 e. The molecule has 4 unspecified atom stereocenters. The third kappa shape index (κ3) is 2.75. The van der Waals surface area contributed by atoms with Crippen LogP contribution in [0, 0.1) is 23.7 Å². The second kappa shape index (κ2) is 5.34. The second-order valence-corrected chi connectivity index (χ2v) is 5.88. The molecule has 1 aliphatic heterocycles. The number of nitrogens with one attached hydrogen (secondary N) is 1. The second-order valence-electron chi connectivity index (χ2n) is 5.88. The van der Waals surface area contributed by atoms with E-state index in [4.69, 9.17) is 0 Å². The molecule has 4 atom stereocenters. The van der Waals surface area contributed by atoms with Gasteiger partial charge in [-0.1, -0.05) is 39.5 Å². The molecule has 1 heterocycles. The SMILES string of the molecule is CCC1CCCCC1C1CNCC(C)C1. The van der Waals surface area contributed by atoms with Crippen LogP contribution in [0.2, 0.25) is 0 Å². The molecule has 1 N–H and O–H groups in total. The smallest absolute Gasteiger partial charge is 0.00175 e. The molecule has 0 bridgehead atoms. The summed E-state index contributed by atoms with van der Waals surface area (Å²) in [6.45, 7) is 7.34. The van der Waals surface area contributed by atoms with Crippen molar-refractivity contribution in [3.63, 3.8) is 0 Å². The Morgan fingerprint density at radius 2 is 1.93 bits per heavy atom. The van der Waals surface area contributed by atoms with E-state index >= 15 is 0 Å². The van der Waals surface area contributed by atoms with Gasteiger partial charge in [-0.2, -0.15) is 0 Å². The fourth-order valence-corrected chi connectivity index (χ4v) is 3.89. The molecule has 2 fully saturated rings. The van der Waals surface area contributed by atoms with Crippen molar-refractivity contribution in [1.82, 2.24) is 5.32 Å². The van der Waals surface area contributed by atoms with Gasteiger partial charge in [0.1, 0.15) is 0 Å². The first-order chi connectivity index (χ1) is 7.31. The monoisotopic (exact) mass is 209 g/mol. The molecule has 0 aromatic heterocycles. The average Bonchev–Trinajstić information content (AvgIpc) is 2.29. The van der Waals surface area contributed by atoms with Crippen LogP contribution < -0.4 is 5.32 Å². The van der Waals surface area contributed by atoms with Crippen LogP contribution in [0.4, 0.5) is 0 Å². The Hall–Kier alpha value is -0.0400. The molecule has 0 radical (unpaired) electrons. The van der Waals surface area contributed by atoms with E-state index in [1.165, 1.54) is 51.6 Å². The maximum atomic E-state index is 3.63. The minimum atomic E-state index is 0.906. The quantitative estimate of drug-likeness (QED) is 0.734. The van der Waals surface area contributed by atoms with Gasteiger partial charge in [-0.3, -0.25) is 0 Å². The van der Waals surface area contributed by atoms with Gasteiger partial charge >= 0.3 is 0 Å². The zero-order chi connectivity index (χ0) is 10.7. The molecule has 1 aliphatic carbocycles. The van der Waals surface area contributed by atoms with Crippen molar-refractivity contribution >= 4 is 0 Å². The maximum absolute atomic E-state index is 3.63. The summed E-state index contributed by atoms with van der Waals surface area (Å²) in [4.78, 5) is 0. The molecule has 2 aliphatic rings. The van der Waals surface area contributed by atoms with Gasteiger partial charge in [0.2, 0.25) is 0 Å². The summed E-state index contributed by atoms with van der Waals surface area (Å²) in [5.41, 5.74) is 0. The molecule has 1 heteroatoms. The molecule has 0 spiro atoms. The van der Waals surface area contributed by atoms with E-state index in [1.54, 1.807) is 0 Å². The lowest BCUT2D eigenvalue weighted by atomic mass is 9.68. The van der Waals surface area contributed by atoms with Crippen molar-refractivity contribution in [1.29, 1.82) is 0 Å². The Morgan fingerprint density at radius 3 is 2.67 bits per heavy atom. The van der Waals surface area contributed by atoms with Crippen LogP contribution in [0.15, 0.2) is 0 Å². The van der Waals surface area contributed by atoms with E-state index in [0.717, 1.165) is 23.7 Å². The Labute approximate surface area is 95.0 Å². The third-order valence-electron chi connectivity index (χ3n) is 4.70. The molecular formula is C14H27N. The van der Waals surface area contributed by atoms with Crippen LogP contribution >= 0.6 is 0 Å². The van der Waals surface area contributed by atoms with Crippen LogP contribution in [0.5, 0.6) is 0 Å². The van der Waals surface area contributed by atoms with Crippen molar-refractivity contribution < 1.29 is 0 Å². The van der Waals surface area contributed by atoms with Crippen molar-refractivity contribution in [2.24, 2.45) is 23.7 Å². The third-order valence-corrected chi connectivity index (χ3v) is 4.70. The number of rotatable bonds is 2. The van der Waals surface area contributed by atoms with Crippen molar-refractivity contribution in [2.45, 2.75) is 52.4 Å². The zero-order valence-corrected chi connectivity index (χ0v) is 10.5. The number of hydrogen-bond donors (Lipinski definition) is 1. The lowest BCUT2D eigenvalue weighted by molar-refractivity contribution is 0.118. The Morgan fingerprint density at radius 1 is 1.13 bits per heavy atom. The standard InChI is InChI=1S/C14H27N/c1-3-12-6-4-5-7-14(12)13-8-11(2)9-15-10-13/h11-15H,3-10H2,1-2H3. The van der Waals surface area contributed by atoms with Crippen molar-refractivity contribution in [3.05, 3.63) is 0 Å². The first kappa shape index (κ1) is 11.4. The lowest BCUT2D eigenvalue weighted by Crippen LogP contribution is -2.41. The van der Waals surface area contributed by atoms with Crippen LogP contribution in [-0.2, 0) is 0 Å². The normalized spacial score (nSPS) is 42.8. The summed E-state index contributed by atoms with van der Waals surface area (Å²) in [6.07, 6.45) is 8.89. The Balaban J connectivity index is 1.94. The molecule has 2 rings (SSSR count). The van der Waals surface area contributed by atoms with E-state index in [2.05, 4.69) is 19.2 Å². The Bertz CT molecular complexity index is 190. The fourth-order valence-electron chi connectivity index (χ4n) is 3.89. The van der Waals surface area contributed by atoms with Crippen LogP contribution in [0.1, 0.15) is 52.4 Å². The van der Waals surface area contributed by atoms with Gasteiger partial charge in [0.05, 0.1) is 0 Å². The van der Waals surface area contributed by atoms with Gasteiger partial charge in [0.25, 0.3) is 0 Å². The molecule has 88 valence electrons. The van der Waals surface area contributed by atoms with Gasteiger partial charge < -0.3 is 5.32 Å². The van der Waals surface area contributed by atoms with Gasteiger partial charge in [-0.25, -0.2) is 0 Å². The molecular weight excluding hydrogens is 182 g/mol. The van der Waals surface area contributed by atoms with Gasteiger partial charge in [0.15, 0.2) is 0 Å². The molecule has 0 aromatic carbocycles. The summed E-state index contributed by atoms with van der Waals surface area (Å²) < 4.78 is 0. The van der Waals surface area contributed by atoms with E-state index in [1.807, 2.05) is 0 Å². The molecule has 15 heavy (non-hydrogen) atoms.